The number of anilines is 2. The van der Waals surface area contributed by atoms with Gasteiger partial charge in [-0.3, -0.25) is 19.7 Å². The van der Waals surface area contributed by atoms with Crippen LogP contribution in [0.1, 0.15) is 62.4 Å². The van der Waals surface area contributed by atoms with Gasteiger partial charge < -0.3 is 15.4 Å². The van der Waals surface area contributed by atoms with Gasteiger partial charge >= 0.3 is 12.0 Å². The number of urea groups is 1. The molecule has 3 N–H and O–H groups in total. The van der Waals surface area contributed by atoms with Crippen LogP contribution in [0.3, 0.4) is 0 Å². The summed E-state index contributed by atoms with van der Waals surface area (Å²) in [5.74, 6) is -1.03. The summed E-state index contributed by atoms with van der Waals surface area (Å²) >= 11 is 1.28. The third-order valence-electron chi connectivity index (χ3n) is 5.19. The number of carbonyl (C=O) groups excluding carboxylic acids is 4. The van der Waals surface area contributed by atoms with Crippen LogP contribution in [0.25, 0.3) is 0 Å². The summed E-state index contributed by atoms with van der Waals surface area (Å²) in [6, 6.07) is 4.45. The predicted molar refractivity (Wildman–Crippen MR) is 130 cm³/mol. The van der Waals surface area contributed by atoms with Crippen molar-refractivity contribution in [2.45, 2.75) is 58.5 Å². The highest BCUT2D eigenvalue weighted by atomic mass is 32.1. The van der Waals surface area contributed by atoms with Crippen molar-refractivity contribution in [2.24, 2.45) is 5.92 Å². The first-order chi connectivity index (χ1) is 16.1. The summed E-state index contributed by atoms with van der Waals surface area (Å²) in [5, 5.41) is 10.1. The molecule has 3 rings (SSSR count). The summed E-state index contributed by atoms with van der Waals surface area (Å²) in [7, 11) is 0. The van der Waals surface area contributed by atoms with Crippen LogP contribution in [0.15, 0.2) is 29.8 Å². The first-order valence-corrected chi connectivity index (χ1v) is 12.1. The van der Waals surface area contributed by atoms with E-state index in [9.17, 15) is 19.2 Å². The second-order valence-electron chi connectivity index (χ2n) is 9.18. The van der Waals surface area contributed by atoms with Gasteiger partial charge in [0, 0.05) is 23.1 Å². The van der Waals surface area contributed by atoms with Crippen molar-refractivity contribution in [3.8, 4) is 0 Å². The number of hydrogen-bond donors (Lipinski definition) is 3. The normalized spacial score (nSPS) is 13.9. The van der Waals surface area contributed by atoms with Crippen LogP contribution in [0.2, 0.25) is 0 Å². The lowest BCUT2D eigenvalue weighted by Crippen LogP contribution is -2.35. The molecule has 0 unspecified atom stereocenters. The van der Waals surface area contributed by atoms with Crippen molar-refractivity contribution >= 4 is 45.8 Å². The minimum atomic E-state index is -0.633. The van der Waals surface area contributed by atoms with E-state index in [2.05, 4.69) is 20.9 Å². The fourth-order valence-electron chi connectivity index (χ4n) is 3.75. The molecule has 0 spiro atoms. The Morgan fingerprint density at radius 2 is 1.85 bits per heavy atom. The highest BCUT2D eigenvalue weighted by molar-refractivity contribution is 7.13. The predicted octanol–water partition coefficient (Wildman–Crippen LogP) is 4.16. The number of Topliss-reactive ketones (excluding diaryl/α,β-unsaturated/α-hetero) is 1. The van der Waals surface area contributed by atoms with Gasteiger partial charge in [0.15, 0.2) is 10.9 Å². The third kappa shape index (κ3) is 7.65. The molecule has 9 nitrogen and oxygen atoms in total. The molecule has 1 heterocycles. The lowest BCUT2D eigenvalue weighted by molar-refractivity contribution is -0.154. The Labute approximate surface area is 202 Å². The molecule has 34 heavy (non-hydrogen) atoms. The monoisotopic (exact) mass is 486 g/mol. The van der Waals surface area contributed by atoms with Crippen molar-refractivity contribution in [2.75, 3.05) is 17.2 Å². The van der Waals surface area contributed by atoms with Crippen LogP contribution in [-0.4, -0.2) is 40.8 Å². The van der Waals surface area contributed by atoms with Crippen molar-refractivity contribution in [1.29, 1.82) is 0 Å². The number of aromatic nitrogens is 1. The largest absolute Gasteiger partial charge is 0.459 e. The van der Waals surface area contributed by atoms with E-state index in [0.717, 1.165) is 25.7 Å². The Morgan fingerprint density at radius 1 is 1.12 bits per heavy atom. The number of ketones is 1. The van der Waals surface area contributed by atoms with E-state index in [1.165, 1.54) is 11.3 Å². The number of rotatable bonds is 8. The van der Waals surface area contributed by atoms with Gasteiger partial charge in [0.2, 0.25) is 5.91 Å². The minimum absolute atomic E-state index is 0.0145. The molecule has 0 aliphatic heterocycles. The molecule has 0 saturated heterocycles. The van der Waals surface area contributed by atoms with Gasteiger partial charge in [-0.1, -0.05) is 18.9 Å². The fraction of sp³-hybridized carbons (Fsp3) is 0.458. The first kappa shape index (κ1) is 25.4. The van der Waals surface area contributed by atoms with Crippen LogP contribution in [-0.2, 0) is 20.7 Å². The Morgan fingerprint density at radius 3 is 2.50 bits per heavy atom. The highest BCUT2D eigenvalue weighted by Crippen LogP contribution is 2.31. The maximum absolute atomic E-state index is 13.2. The zero-order valence-electron chi connectivity index (χ0n) is 19.6. The van der Waals surface area contributed by atoms with Crippen molar-refractivity contribution in [3.63, 3.8) is 0 Å². The number of thiazole rings is 1. The smallest absolute Gasteiger partial charge is 0.325 e. The molecular weight excluding hydrogens is 456 g/mol. The average molecular weight is 487 g/mol. The molecule has 1 aromatic carbocycles. The van der Waals surface area contributed by atoms with E-state index in [1.807, 2.05) is 0 Å². The quantitative estimate of drug-likeness (QED) is 0.380. The molecule has 0 radical (unpaired) electrons. The summed E-state index contributed by atoms with van der Waals surface area (Å²) in [5.41, 5.74) is 0.725. The molecule has 182 valence electrons. The van der Waals surface area contributed by atoms with Crippen LogP contribution in [0, 0.1) is 5.92 Å². The Balaban J connectivity index is 1.70. The molecule has 10 heteroatoms. The Kier molecular flexibility index (Phi) is 8.38. The Bertz CT molecular complexity index is 1040. The average Bonchev–Trinajstić information content (AvgIpc) is 3.46. The Hall–Kier alpha value is -3.27. The van der Waals surface area contributed by atoms with Gasteiger partial charge in [-0.25, -0.2) is 9.78 Å². The molecule has 1 aliphatic rings. The number of nitrogens with one attached hydrogen (secondary N) is 3. The van der Waals surface area contributed by atoms with Crippen LogP contribution < -0.4 is 16.0 Å². The number of esters is 1. The second kappa shape index (κ2) is 11.2. The van der Waals surface area contributed by atoms with Crippen LogP contribution >= 0.6 is 11.3 Å². The van der Waals surface area contributed by atoms with E-state index < -0.39 is 17.6 Å². The maximum Gasteiger partial charge on any atom is 0.325 e. The second-order valence-corrected chi connectivity index (χ2v) is 10.1. The van der Waals surface area contributed by atoms with Crippen LogP contribution in [0.4, 0.5) is 15.6 Å². The number of nitrogens with zero attached hydrogens (tertiary/aromatic N) is 1. The van der Waals surface area contributed by atoms with Gasteiger partial charge in [0.05, 0.1) is 12.1 Å². The third-order valence-corrected chi connectivity index (χ3v) is 5.88. The lowest BCUT2D eigenvalue weighted by Gasteiger charge is -2.19. The molecule has 1 aromatic heterocycles. The van der Waals surface area contributed by atoms with Crippen molar-refractivity contribution in [1.82, 2.24) is 10.3 Å². The van der Waals surface area contributed by atoms with Gasteiger partial charge in [0.1, 0.15) is 12.1 Å². The maximum atomic E-state index is 13.2. The molecule has 0 bridgehead atoms. The van der Waals surface area contributed by atoms with Gasteiger partial charge in [-0.2, -0.15) is 0 Å². The molecule has 1 fully saturated rings. The van der Waals surface area contributed by atoms with E-state index >= 15 is 0 Å². The van der Waals surface area contributed by atoms with E-state index in [-0.39, 0.29) is 30.6 Å². The standard InChI is InChI=1S/C24H30N4O5S/c1-24(2,3)33-20(30)14-26-19(29)13-15-8-9-18(27-22(32)28-23-25-10-11-34-23)17(12-15)21(31)16-6-4-5-7-16/h8-12,16H,4-7,13-14H2,1-3H3,(H,26,29)(H2,25,27,28,32). The molecule has 1 saturated carbocycles. The SMILES string of the molecule is CC(C)(C)OC(=O)CNC(=O)Cc1ccc(NC(=O)Nc2nccs2)c(C(=O)C2CCCC2)c1. The van der Waals surface area contributed by atoms with E-state index in [0.29, 0.717) is 21.9 Å². The van der Waals surface area contributed by atoms with Crippen LogP contribution in [0.5, 0.6) is 0 Å². The van der Waals surface area contributed by atoms with Gasteiger partial charge in [0.25, 0.3) is 0 Å². The zero-order chi connectivity index (χ0) is 24.7. The fourth-order valence-corrected chi connectivity index (χ4v) is 4.28. The molecular formula is C24H30N4O5S. The number of hydrogen-bond acceptors (Lipinski definition) is 7. The summed E-state index contributed by atoms with van der Waals surface area (Å²) in [6.45, 7) is 5.02. The zero-order valence-corrected chi connectivity index (χ0v) is 20.4. The number of carbonyl (C=O) groups is 4. The summed E-state index contributed by atoms with van der Waals surface area (Å²) in [4.78, 5) is 53.8. The van der Waals surface area contributed by atoms with Crippen molar-refractivity contribution < 1.29 is 23.9 Å². The molecule has 0 atom stereocenters. The molecule has 3 amide bonds. The lowest BCUT2D eigenvalue weighted by atomic mass is 9.93. The number of amides is 3. The van der Waals surface area contributed by atoms with Gasteiger partial charge in [-0.05, 0) is 51.3 Å². The van der Waals surface area contributed by atoms with Gasteiger partial charge in [-0.15, -0.1) is 11.3 Å². The number of benzene rings is 1. The minimum Gasteiger partial charge on any atom is -0.459 e. The summed E-state index contributed by atoms with van der Waals surface area (Å²) in [6.07, 6.45) is 5.18. The van der Waals surface area contributed by atoms with Crippen molar-refractivity contribution in [3.05, 3.63) is 40.9 Å². The molecule has 1 aliphatic carbocycles. The highest BCUT2D eigenvalue weighted by Gasteiger charge is 2.26. The van der Waals surface area contributed by atoms with E-state index in [4.69, 9.17) is 4.74 Å². The van der Waals surface area contributed by atoms with E-state index in [1.54, 1.807) is 50.5 Å². The summed E-state index contributed by atoms with van der Waals surface area (Å²) < 4.78 is 5.19. The topological polar surface area (TPSA) is 126 Å². The number of ether oxygens (including phenoxy) is 1. The first-order valence-electron chi connectivity index (χ1n) is 11.2. The molecule has 2 aromatic rings.